The summed E-state index contributed by atoms with van der Waals surface area (Å²) in [7, 11) is 1.32. The van der Waals surface area contributed by atoms with Crippen LogP contribution in [0.3, 0.4) is 0 Å². The Morgan fingerprint density at radius 2 is 2.10 bits per heavy atom. The van der Waals surface area contributed by atoms with Crippen molar-refractivity contribution in [3.63, 3.8) is 0 Å². The number of hydrogen-bond acceptors (Lipinski definition) is 2. The quantitative estimate of drug-likeness (QED) is 0.641. The van der Waals surface area contributed by atoms with Crippen molar-refractivity contribution in [1.29, 1.82) is 5.26 Å². The molecule has 5 heteroatoms. The molecule has 0 fully saturated rings. The second-order valence-corrected chi connectivity index (χ2v) is 1.79. The number of nitrogens with zero attached hydrogens (tertiary/aromatic N) is 1. The zero-order valence-electron chi connectivity index (χ0n) is 5.37. The summed E-state index contributed by atoms with van der Waals surface area (Å²) in [5.74, 6) is 0. The van der Waals surface area contributed by atoms with Crippen LogP contribution in [0, 0.1) is 11.3 Å². The molecule has 0 amide bonds. The molecule has 0 spiro atoms. The predicted molar refractivity (Wildman–Crippen MR) is 29.1 cm³/mol. The lowest BCUT2D eigenvalue weighted by Gasteiger charge is -2.09. The first-order valence-corrected chi connectivity index (χ1v) is 2.63. The molecule has 1 unspecified atom stereocenters. The SMILES string of the molecule is CNC(C#N)CC(F)(F)F. The Hall–Kier alpha value is -0.760. The maximum Gasteiger partial charge on any atom is 0.391 e. The second kappa shape index (κ2) is 3.42. The van der Waals surface area contributed by atoms with Crippen LogP contribution in [0.5, 0.6) is 0 Å². The molecule has 58 valence electrons. The van der Waals surface area contributed by atoms with Gasteiger partial charge in [-0.05, 0) is 7.05 Å². The molecule has 0 aromatic carbocycles. The van der Waals surface area contributed by atoms with Crippen LogP contribution in [0.15, 0.2) is 0 Å². The van der Waals surface area contributed by atoms with Gasteiger partial charge in [-0.15, -0.1) is 0 Å². The lowest BCUT2D eigenvalue weighted by Crippen LogP contribution is -2.29. The molecule has 0 heterocycles. The molecule has 0 aliphatic rings. The summed E-state index contributed by atoms with van der Waals surface area (Å²) in [6.07, 6.45) is -5.36. The predicted octanol–water partition coefficient (Wildman–Crippen LogP) is 1.05. The Bertz CT molecular complexity index is 135. The normalized spacial score (nSPS) is 14.3. The Kier molecular flexibility index (Phi) is 3.16. The molecular formula is C5H7F3N2. The minimum Gasteiger partial charge on any atom is -0.305 e. The lowest BCUT2D eigenvalue weighted by atomic mass is 10.2. The maximum atomic E-state index is 11.5. The Morgan fingerprint density at radius 1 is 1.60 bits per heavy atom. The van der Waals surface area contributed by atoms with Crippen LogP contribution in [0.25, 0.3) is 0 Å². The largest absolute Gasteiger partial charge is 0.391 e. The third-order valence-electron chi connectivity index (χ3n) is 0.940. The number of rotatable bonds is 2. The van der Waals surface area contributed by atoms with E-state index in [1.807, 2.05) is 0 Å². The minimum absolute atomic E-state index is 1.10. The van der Waals surface area contributed by atoms with Crippen molar-refractivity contribution in [2.24, 2.45) is 0 Å². The van der Waals surface area contributed by atoms with E-state index in [0.29, 0.717) is 0 Å². The van der Waals surface area contributed by atoms with Crippen LogP contribution in [0.2, 0.25) is 0 Å². The first-order valence-electron chi connectivity index (χ1n) is 2.63. The highest BCUT2D eigenvalue weighted by Gasteiger charge is 2.31. The molecule has 0 aromatic rings. The van der Waals surface area contributed by atoms with Gasteiger partial charge in [0.05, 0.1) is 12.5 Å². The van der Waals surface area contributed by atoms with Crippen molar-refractivity contribution < 1.29 is 13.2 Å². The topological polar surface area (TPSA) is 35.8 Å². The summed E-state index contributed by atoms with van der Waals surface area (Å²) in [6.45, 7) is 0. The van der Waals surface area contributed by atoms with Gasteiger partial charge in [0.2, 0.25) is 0 Å². The van der Waals surface area contributed by atoms with Crippen molar-refractivity contribution in [3.05, 3.63) is 0 Å². The number of nitriles is 1. The van der Waals surface area contributed by atoms with E-state index in [9.17, 15) is 13.2 Å². The first kappa shape index (κ1) is 9.24. The van der Waals surface area contributed by atoms with Crippen LogP contribution < -0.4 is 5.32 Å². The highest BCUT2D eigenvalue weighted by Crippen LogP contribution is 2.20. The van der Waals surface area contributed by atoms with Gasteiger partial charge < -0.3 is 5.32 Å². The molecule has 1 N–H and O–H groups in total. The third-order valence-corrected chi connectivity index (χ3v) is 0.940. The van der Waals surface area contributed by atoms with E-state index in [0.717, 1.165) is 0 Å². The van der Waals surface area contributed by atoms with Crippen LogP contribution in [-0.2, 0) is 0 Å². The zero-order valence-corrected chi connectivity index (χ0v) is 5.37. The Morgan fingerprint density at radius 3 is 2.20 bits per heavy atom. The van der Waals surface area contributed by atoms with E-state index in [1.54, 1.807) is 0 Å². The molecule has 1 atom stereocenters. The van der Waals surface area contributed by atoms with Gasteiger partial charge in [0.1, 0.15) is 6.04 Å². The zero-order chi connectivity index (χ0) is 8.20. The van der Waals surface area contributed by atoms with E-state index in [1.165, 1.54) is 13.1 Å². The van der Waals surface area contributed by atoms with Crippen LogP contribution in [0.1, 0.15) is 6.42 Å². The highest BCUT2D eigenvalue weighted by molar-refractivity contribution is 4.89. The van der Waals surface area contributed by atoms with Gasteiger partial charge >= 0.3 is 6.18 Å². The molecule has 10 heavy (non-hydrogen) atoms. The monoisotopic (exact) mass is 152 g/mol. The Labute approximate surface area is 56.6 Å². The van der Waals surface area contributed by atoms with Crippen molar-refractivity contribution in [2.45, 2.75) is 18.6 Å². The molecule has 0 rings (SSSR count). The molecule has 0 saturated heterocycles. The number of hydrogen-bond donors (Lipinski definition) is 1. The van der Waals surface area contributed by atoms with E-state index >= 15 is 0 Å². The van der Waals surface area contributed by atoms with Crippen LogP contribution >= 0.6 is 0 Å². The van der Waals surface area contributed by atoms with Crippen molar-refractivity contribution in [1.82, 2.24) is 5.32 Å². The lowest BCUT2D eigenvalue weighted by molar-refractivity contribution is -0.136. The van der Waals surface area contributed by atoms with E-state index < -0.39 is 18.6 Å². The molecule has 2 nitrogen and oxygen atoms in total. The summed E-state index contributed by atoms with van der Waals surface area (Å²) >= 11 is 0. The fourth-order valence-electron chi connectivity index (χ4n) is 0.444. The second-order valence-electron chi connectivity index (χ2n) is 1.79. The maximum absolute atomic E-state index is 11.5. The highest BCUT2D eigenvalue weighted by atomic mass is 19.4. The van der Waals surface area contributed by atoms with E-state index in [2.05, 4.69) is 5.32 Å². The van der Waals surface area contributed by atoms with Gasteiger partial charge in [-0.1, -0.05) is 0 Å². The fraction of sp³-hybridized carbons (Fsp3) is 0.800. The fourth-order valence-corrected chi connectivity index (χ4v) is 0.444. The van der Waals surface area contributed by atoms with Crippen LogP contribution in [-0.4, -0.2) is 19.3 Å². The van der Waals surface area contributed by atoms with Gasteiger partial charge in [0, 0.05) is 0 Å². The Balaban J connectivity index is 3.78. The molecular weight excluding hydrogens is 145 g/mol. The van der Waals surface area contributed by atoms with Crippen molar-refractivity contribution in [2.75, 3.05) is 7.05 Å². The molecule has 0 radical (unpaired) electrons. The average molecular weight is 152 g/mol. The summed E-state index contributed by atoms with van der Waals surface area (Å²) < 4.78 is 34.5. The van der Waals surface area contributed by atoms with E-state index in [4.69, 9.17) is 5.26 Å². The average Bonchev–Trinajstić information content (AvgIpc) is 1.81. The number of alkyl halides is 3. The standard InChI is InChI=1S/C5H7F3N2/c1-10-4(3-9)2-5(6,7)8/h4,10H,2H2,1H3. The van der Waals surface area contributed by atoms with Gasteiger partial charge in [0.15, 0.2) is 0 Å². The van der Waals surface area contributed by atoms with Crippen molar-refractivity contribution in [3.8, 4) is 6.07 Å². The van der Waals surface area contributed by atoms with Gasteiger partial charge in [-0.25, -0.2) is 0 Å². The summed E-state index contributed by atoms with van der Waals surface area (Å²) in [6, 6.07) is 0.352. The summed E-state index contributed by atoms with van der Waals surface area (Å²) in [5, 5.41) is 10.3. The molecule has 0 aromatic heterocycles. The third kappa shape index (κ3) is 4.15. The minimum atomic E-state index is -4.26. The summed E-state index contributed by atoms with van der Waals surface area (Å²) in [4.78, 5) is 0. The molecule has 0 aliphatic heterocycles. The number of nitrogens with one attached hydrogen (secondary N) is 1. The van der Waals surface area contributed by atoms with Gasteiger partial charge in [-0.3, -0.25) is 0 Å². The molecule has 0 aliphatic carbocycles. The van der Waals surface area contributed by atoms with E-state index in [-0.39, 0.29) is 0 Å². The van der Waals surface area contributed by atoms with Crippen LogP contribution in [0.4, 0.5) is 13.2 Å². The first-order chi connectivity index (χ1) is 4.49. The van der Waals surface area contributed by atoms with Gasteiger partial charge in [-0.2, -0.15) is 18.4 Å². The summed E-state index contributed by atoms with van der Waals surface area (Å²) in [5.41, 5.74) is 0. The number of halogens is 3. The van der Waals surface area contributed by atoms with Crippen molar-refractivity contribution >= 4 is 0 Å². The molecule has 0 saturated carbocycles. The molecule has 0 bridgehead atoms. The van der Waals surface area contributed by atoms with Gasteiger partial charge in [0.25, 0.3) is 0 Å². The smallest absolute Gasteiger partial charge is 0.305 e.